The van der Waals surface area contributed by atoms with Crippen LogP contribution in [0.15, 0.2) is 30.5 Å². The van der Waals surface area contributed by atoms with Crippen LogP contribution in [0, 0.1) is 5.92 Å². The molecule has 1 amide bonds. The normalized spacial score (nSPS) is 14.8. The number of nitrogens with zero attached hydrogens (tertiary/aromatic N) is 1. The first-order valence-electron chi connectivity index (χ1n) is 10.2. The number of ketones is 1. The van der Waals surface area contributed by atoms with Crippen LogP contribution in [0.5, 0.6) is 0 Å². The lowest BCUT2D eigenvalue weighted by Gasteiger charge is -2.29. The van der Waals surface area contributed by atoms with Crippen molar-refractivity contribution in [3.05, 3.63) is 36.0 Å². The number of Topliss-reactive ketones (excluding diaryl/α,β-unsaturated/α-hetero) is 1. The van der Waals surface area contributed by atoms with Crippen molar-refractivity contribution in [2.45, 2.75) is 45.4 Å². The summed E-state index contributed by atoms with van der Waals surface area (Å²) in [6.45, 7) is 2.79. The highest BCUT2D eigenvalue weighted by Gasteiger charge is 2.28. The summed E-state index contributed by atoms with van der Waals surface area (Å²) in [5.74, 6) is -1.03. The molecular weight excluding hydrogens is 356 g/mol. The largest absolute Gasteiger partial charge is 0.466 e. The van der Waals surface area contributed by atoms with Gasteiger partial charge in [-0.05, 0) is 31.7 Å². The summed E-state index contributed by atoms with van der Waals surface area (Å²) in [6.07, 6.45) is 7.35. The molecule has 0 spiro atoms. The number of hydrogen-bond donors (Lipinski definition) is 1. The van der Waals surface area contributed by atoms with Crippen LogP contribution in [0.25, 0.3) is 10.9 Å². The third-order valence-corrected chi connectivity index (χ3v) is 5.41. The SMILES string of the molecule is CCOC(=O)CCN(CC1CCCCC1)C(=O)C(=O)c1c[nH]c2ccccc12. The van der Waals surface area contributed by atoms with Gasteiger partial charge in [-0.25, -0.2) is 0 Å². The van der Waals surface area contributed by atoms with Crippen LogP contribution in [-0.2, 0) is 14.3 Å². The topological polar surface area (TPSA) is 79.5 Å². The number of H-pyrrole nitrogens is 1. The molecule has 1 aliphatic rings. The van der Waals surface area contributed by atoms with Crippen molar-refractivity contribution in [1.82, 2.24) is 9.88 Å². The maximum absolute atomic E-state index is 13.0. The Hall–Kier alpha value is -2.63. The molecule has 0 aliphatic heterocycles. The maximum Gasteiger partial charge on any atom is 0.307 e. The Labute approximate surface area is 165 Å². The second-order valence-corrected chi connectivity index (χ2v) is 7.39. The van der Waals surface area contributed by atoms with Crippen molar-refractivity contribution in [2.24, 2.45) is 5.92 Å². The van der Waals surface area contributed by atoms with E-state index >= 15 is 0 Å². The van der Waals surface area contributed by atoms with Crippen molar-refractivity contribution >= 4 is 28.6 Å². The molecular formula is C22H28N2O4. The van der Waals surface area contributed by atoms with Gasteiger partial charge in [-0.2, -0.15) is 0 Å². The summed E-state index contributed by atoms with van der Waals surface area (Å²) in [5.41, 5.74) is 1.20. The zero-order valence-electron chi connectivity index (χ0n) is 16.4. The summed E-state index contributed by atoms with van der Waals surface area (Å²) in [7, 11) is 0. The first-order valence-corrected chi connectivity index (χ1v) is 10.2. The number of ether oxygens (including phenoxy) is 1. The lowest BCUT2D eigenvalue weighted by molar-refractivity contribution is -0.144. The molecule has 0 bridgehead atoms. The molecule has 1 aromatic heterocycles. The molecule has 0 unspecified atom stereocenters. The van der Waals surface area contributed by atoms with Crippen LogP contribution in [0.1, 0.15) is 55.8 Å². The van der Waals surface area contributed by atoms with Crippen molar-refractivity contribution in [3.63, 3.8) is 0 Å². The van der Waals surface area contributed by atoms with Gasteiger partial charge >= 0.3 is 5.97 Å². The predicted octanol–water partition coefficient (Wildman–Crippen LogP) is 3.71. The monoisotopic (exact) mass is 384 g/mol. The molecule has 1 aromatic carbocycles. The molecule has 28 heavy (non-hydrogen) atoms. The molecule has 2 aromatic rings. The third kappa shape index (κ3) is 4.80. The number of esters is 1. The maximum atomic E-state index is 13.0. The van der Waals surface area contributed by atoms with E-state index in [2.05, 4.69) is 4.98 Å². The number of hydrogen-bond acceptors (Lipinski definition) is 4. The van der Waals surface area contributed by atoms with Gasteiger partial charge in [0.25, 0.3) is 11.7 Å². The van der Waals surface area contributed by atoms with Gasteiger partial charge in [0.15, 0.2) is 0 Å². The molecule has 1 aliphatic carbocycles. The zero-order valence-corrected chi connectivity index (χ0v) is 16.4. The summed E-state index contributed by atoms with van der Waals surface area (Å²) < 4.78 is 4.99. The minimum atomic E-state index is -0.542. The Morgan fingerprint density at radius 2 is 1.89 bits per heavy atom. The summed E-state index contributed by atoms with van der Waals surface area (Å²) in [4.78, 5) is 42.4. The van der Waals surface area contributed by atoms with Crippen molar-refractivity contribution in [3.8, 4) is 0 Å². The van der Waals surface area contributed by atoms with E-state index in [1.54, 1.807) is 18.0 Å². The van der Waals surface area contributed by atoms with E-state index in [-0.39, 0.29) is 18.9 Å². The van der Waals surface area contributed by atoms with Gasteiger partial charge in [0.1, 0.15) is 0 Å². The molecule has 1 heterocycles. The van der Waals surface area contributed by atoms with Crippen molar-refractivity contribution < 1.29 is 19.1 Å². The fraction of sp³-hybridized carbons (Fsp3) is 0.500. The Kier molecular flexibility index (Phi) is 6.85. The quantitative estimate of drug-likeness (QED) is 0.427. The molecule has 0 radical (unpaired) electrons. The Morgan fingerprint density at radius 3 is 2.64 bits per heavy atom. The Balaban J connectivity index is 1.75. The number of fused-ring (bicyclic) bond motifs is 1. The lowest BCUT2D eigenvalue weighted by atomic mass is 9.88. The molecule has 6 nitrogen and oxygen atoms in total. The summed E-state index contributed by atoms with van der Waals surface area (Å²) in [6, 6.07) is 7.43. The van der Waals surface area contributed by atoms with E-state index < -0.39 is 11.7 Å². The number of para-hydroxylation sites is 1. The van der Waals surface area contributed by atoms with Gasteiger partial charge in [0.05, 0.1) is 18.6 Å². The number of carbonyl (C=O) groups is 3. The third-order valence-electron chi connectivity index (χ3n) is 5.41. The minimum Gasteiger partial charge on any atom is -0.466 e. The first kappa shape index (κ1) is 20.1. The zero-order chi connectivity index (χ0) is 19.9. The fourth-order valence-electron chi connectivity index (χ4n) is 3.93. The molecule has 6 heteroatoms. The molecule has 0 saturated heterocycles. The Morgan fingerprint density at radius 1 is 1.14 bits per heavy atom. The number of benzene rings is 1. The smallest absolute Gasteiger partial charge is 0.307 e. The van der Waals surface area contributed by atoms with Crippen LogP contribution in [-0.4, -0.2) is 47.2 Å². The molecule has 3 rings (SSSR count). The average Bonchev–Trinajstić information content (AvgIpc) is 3.15. The van der Waals surface area contributed by atoms with Gasteiger partial charge in [-0.3, -0.25) is 14.4 Å². The van der Waals surface area contributed by atoms with E-state index in [4.69, 9.17) is 4.74 Å². The molecule has 1 N–H and O–H groups in total. The number of nitrogens with one attached hydrogen (secondary N) is 1. The second-order valence-electron chi connectivity index (χ2n) is 7.39. The minimum absolute atomic E-state index is 0.105. The Bertz CT molecular complexity index is 836. The van der Waals surface area contributed by atoms with E-state index in [0.717, 1.165) is 36.6 Å². The summed E-state index contributed by atoms with van der Waals surface area (Å²) in [5, 5.41) is 0.740. The van der Waals surface area contributed by atoms with Crippen LogP contribution in [0.3, 0.4) is 0 Å². The van der Waals surface area contributed by atoms with E-state index in [0.29, 0.717) is 24.6 Å². The van der Waals surface area contributed by atoms with Crippen LogP contribution in [0.4, 0.5) is 0 Å². The van der Waals surface area contributed by atoms with Gasteiger partial charge in [0.2, 0.25) is 0 Å². The average molecular weight is 384 g/mol. The number of rotatable bonds is 8. The summed E-state index contributed by atoms with van der Waals surface area (Å²) >= 11 is 0. The highest BCUT2D eigenvalue weighted by atomic mass is 16.5. The highest BCUT2D eigenvalue weighted by Crippen LogP contribution is 2.25. The van der Waals surface area contributed by atoms with Gasteiger partial charge < -0.3 is 14.6 Å². The first-order chi connectivity index (χ1) is 13.6. The van der Waals surface area contributed by atoms with Crippen LogP contribution in [0.2, 0.25) is 0 Å². The van der Waals surface area contributed by atoms with E-state index in [9.17, 15) is 14.4 Å². The van der Waals surface area contributed by atoms with Gasteiger partial charge in [-0.15, -0.1) is 0 Å². The second kappa shape index (κ2) is 9.53. The molecule has 150 valence electrons. The lowest BCUT2D eigenvalue weighted by Crippen LogP contribution is -2.41. The van der Waals surface area contributed by atoms with Crippen LogP contribution < -0.4 is 0 Å². The van der Waals surface area contributed by atoms with Crippen LogP contribution >= 0.6 is 0 Å². The van der Waals surface area contributed by atoms with Crippen molar-refractivity contribution in [1.29, 1.82) is 0 Å². The number of aromatic amines is 1. The predicted molar refractivity (Wildman–Crippen MR) is 107 cm³/mol. The van der Waals surface area contributed by atoms with Gasteiger partial charge in [0, 0.05) is 30.2 Å². The standard InChI is InChI=1S/C22H28N2O4/c1-2-28-20(25)12-13-24(15-16-8-4-3-5-9-16)22(27)21(26)18-14-23-19-11-7-6-10-17(18)19/h6-7,10-11,14,16,23H,2-5,8-9,12-13,15H2,1H3. The van der Waals surface area contributed by atoms with E-state index in [1.807, 2.05) is 24.3 Å². The molecule has 0 atom stereocenters. The number of aromatic nitrogens is 1. The van der Waals surface area contributed by atoms with Crippen molar-refractivity contribution in [2.75, 3.05) is 19.7 Å². The highest BCUT2D eigenvalue weighted by molar-refractivity contribution is 6.44. The fourth-order valence-corrected chi connectivity index (χ4v) is 3.93. The van der Waals surface area contributed by atoms with Gasteiger partial charge in [-0.1, -0.05) is 37.5 Å². The molecule has 1 saturated carbocycles. The number of amides is 1. The molecule has 1 fully saturated rings. The van der Waals surface area contributed by atoms with E-state index in [1.165, 1.54) is 6.42 Å². The number of carbonyl (C=O) groups excluding carboxylic acids is 3.